The number of hydrogen-bond acceptors (Lipinski definition) is 2. The Morgan fingerprint density at radius 1 is 1.37 bits per heavy atom. The highest BCUT2D eigenvalue weighted by molar-refractivity contribution is 9.10. The van der Waals surface area contributed by atoms with E-state index in [1.165, 1.54) is 12.0 Å². The smallest absolute Gasteiger partial charge is 0.220 e. The Bertz CT molecular complexity index is 438. The van der Waals surface area contributed by atoms with Gasteiger partial charge in [-0.25, -0.2) is 0 Å². The van der Waals surface area contributed by atoms with Gasteiger partial charge in [0.1, 0.15) is 0 Å². The van der Waals surface area contributed by atoms with Gasteiger partial charge in [0.05, 0.1) is 0 Å². The van der Waals surface area contributed by atoms with Crippen LogP contribution in [0.4, 0.5) is 0 Å². The van der Waals surface area contributed by atoms with E-state index >= 15 is 0 Å². The summed E-state index contributed by atoms with van der Waals surface area (Å²) in [6.45, 7) is 1.41. The zero-order valence-corrected chi connectivity index (χ0v) is 12.7. The summed E-state index contributed by atoms with van der Waals surface area (Å²) in [7, 11) is 0. The molecule has 0 aliphatic heterocycles. The van der Waals surface area contributed by atoms with E-state index in [4.69, 9.17) is 5.73 Å². The van der Waals surface area contributed by atoms with E-state index < -0.39 is 0 Å². The van der Waals surface area contributed by atoms with Crippen LogP contribution in [-0.4, -0.2) is 19.0 Å². The van der Waals surface area contributed by atoms with Crippen LogP contribution in [0.25, 0.3) is 0 Å². The number of halogens is 1. The topological polar surface area (TPSA) is 55.1 Å². The summed E-state index contributed by atoms with van der Waals surface area (Å²) in [6, 6.07) is 8.03. The first-order valence-electron chi connectivity index (χ1n) is 6.85. The van der Waals surface area contributed by atoms with Crippen molar-refractivity contribution in [3.8, 4) is 0 Å². The van der Waals surface area contributed by atoms with Gasteiger partial charge in [0.2, 0.25) is 5.91 Å². The van der Waals surface area contributed by atoms with Gasteiger partial charge in [0, 0.05) is 17.4 Å². The first-order valence-corrected chi connectivity index (χ1v) is 7.65. The van der Waals surface area contributed by atoms with Crippen molar-refractivity contribution in [2.24, 2.45) is 11.1 Å². The van der Waals surface area contributed by atoms with Crippen molar-refractivity contribution >= 4 is 21.8 Å². The van der Waals surface area contributed by atoms with Crippen molar-refractivity contribution in [1.29, 1.82) is 0 Å². The Kier molecular flexibility index (Phi) is 4.99. The van der Waals surface area contributed by atoms with E-state index in [9.17, 15) is 4.79 Å². The molecule has 0 saturated heterocycles. The van der Waals surface area contributed by atoms with Crippen molar-refractivity contribution in [2.45, 2.75) is 32.1 Å². The third kappa shape index (κ3) is 3.80. The van der Waals surface area contributed by atoms with Gasteiger partial charge >= 0.3 is 0 Å². The van der Waals surface area contributed by atoms with Gasteiger partial charge in [-0.05, 0) is 42.9 Å². The number of nitrogens with one attached hydrogen (secondary N) is 1. The molecular formula is C15H21BrN2O. The largest absolute Gasteiger partial charge is 0.355 e. The lowest BCUT2D eigenvalue weighted by Crippen LogP contribution is -2.46. The monoisotopic (exact) mass is 324 g/mol. The Balaban J connectivity index is 1.74. The van der Waals surface area contributed by atoms with Crippen LogP contribution >= 0.6 is 15.9 Å². The molecule has 1 aromatic rings. The number of rotatable bonds is 6. The van der Waals surface area contributed by atoms with Crippen molar-refractivity contribution in [3.05, 3.63) is 34.3 Å². The average Bonchev–Trinajstić information content (AvgIpc) is 2.37. The van der Waals surface area contributed by atoms with Gasteiger partial charge in [-0.15, -0.1) is 0 Å². The van der Waals surface area contributed by atoms with Crippen LogP contribution in [0.5, 0.6) is 0 Å². The van der Waals surface area contributed by atoms with E-state index in [-0.39, 0.29) is 11.3 Å². The number of nitrogens with two attached hydrogens (primary N) is 1. The average molecular weight is 325 g/mol. The fraction of sp³-hybridized carbons (Fsp3) is 0.533. The van der Waals surface area contributed by atoms with Crippen LogP contribution < -0.4 is 11.1 Å². The van der Waals surface area contributed by atoms with Crippen molar-refractivity contribution in [2.75, 3.05) is 13.1 Å². The fourth-order valence-corrected chi connectivity index (χ4v) is 2.94. The molecule has 19 heavy (non-hydrogen) atoms. The maximum Gasteiger partial charge on any atom is 0.220 e. The van der Waals surface area contributed by atoms with E-state index in [1.807, 2.05) is 24.3 Å². The molecular weight excluding hydrogens is 304 g/mol. The lowest BCUT2D eigenvalue weighted by atomic mass is 9.69. The van der Waals surface area contributed by atoms with Crippen LogP contribution in [0.3, 0.4) is 0 Å². The summed E-state index contributed by atoms with van der Waals surface area (Å²) >= 11 is 3.50. The molecule has 0 spiro atoms. The Hall–Kier alpha value is -0.870. The minimum atomic E-state index is 0.121. The molecule has 1 aliphatic carbocycles. The second-order valence-electron chi connectivity index (χ2n) is 5.43. The van der Waals surface area contributed by atoms with E-state index in [0.717, 1.165) is 30.3 Å². The number of carbonyl (C=O) groups is 1. The molecule has 1 aromatic carbocycles. The molecule has 1 aliphatic rings. The van der Waals surface area contributed by atoms with Crippen LogP contribution in [0, 0.1) is 5.41 Å². The zero-order valence-electron chi connectivity index (χ0n) is 11.1. The maximum absolute atomic E-state index is 11.9. The highest BCUT2D eigenvalue weighted by Crippen LogP contribution is 2.39. The molecule has 0 heterocycles. The Labute approximate surface area is 123 Å². The molecule has 0 bridgehead atoms. The molecule has 2 rings (SSSR count). The molecule has 0 radical (unpaired) electrons. The van der Waals surface area contributed by atoms with Crippen LogP contribution in [0.2, 0.25) is 0 Å². The van der Waals surface area contributed by atoms with Crippen molar-refractivity contribution < 1.29 is 4.79 Å². The second-order valence-corrected chi connectivity index (χ2v) is 6.28. The first-order chi connectivity index (χ1) is 9.15. The third-order valence-electron chi connectivity index (χ3n) is 4.09. The van der Waals surface area contributed by atoms with Gasteiger partial charge in [-0.1, -0.05) is 40.5 Å². The van der Waals surface area contributed by atoms with Gasteiger partial charge < -0.3 is 11.1 Å². The normalized spacial score (nSPS) is 16.7. The lowest BCUT2D eigenvalue weighted by Gasteiger charge is -2.41. The highest BCUT2D eigenvalue weighted by atomic mass is 79.9. The summed E-state index contributed by atoms with van der Waals surface area (Å²) in [5, 5.41) is 3.03. The number of hydrogen-bond donors (Lipinski definition) is 2. The quantitative estimate of drug-likeness (QED) is 0.845. The van der Waals surface area contributed by atoms with Crippen molar-refractivity contribution in [3.63, 3.8) is 0 Å². The van der Waals surface area contributed by atoms with Gasteiger partial charge in [-0.3, -0.25) is 4.79 Å². The van der Waals surface area contributed by atoms with Crippen LogP contribution in [-0.2, 0) is 11.2 Å². The van der Waals surface area contributed by atoms with E-state index in [1.54, 1.807) is 0 Å². The summed E-state index contributed by atoms with van der Waals surface area (Å²) in [4.78, 5) is 11.9. The SMILES string of the molecule is NCC1(CNC(=O)CCc2ccccc2Br)CCC1. The molecule has 1 amide bonds. The highest BCUT2D eigenvalue weighted by Gasteiger charge is 2.35. The molecule has 3 N–H and O–H groups in total. The minimum absolute atomic E-state index is 0.121. The fourth-order valence-electron chi connectivity index (χ4n) is 2.45. The molecule has 0 atom stereocenters. The predicted octanol–water partition coefficient (Wildman–Crippen LogP) is 2.63. The van der Waals surface area contributed by atoms with E-state index in [2.05, 4.69) is 21.2 Å². The molecule has 4 heteroatoms. The summed E-state index contributed by atoms with van der Waals surface area (Å²) in [5.41, 5.74) is 7.14. The molecule has 104 valence electrons. The molecule has 1 fully saturated rings. The number of benzene rings is 1. The number of aryl methyl sites for hydroxylation is 1. The van der Waals surface area contributed by atoms with Crippen LogP contribution in [0.15, 0.2) is 28.7 Å². The first kappa shape index (κ1) is 14.5. The summed E-state index contributed by atoms with van der Waals surface area (Å²) < 4.78 is 1.07. The second kappa shape index (κ2) is 6.53. The lowest BCUT2D eigenvalue weighted by molar-refractivity contribution is -0.121. The number of amides is 1. The van der Waals surface area contributed by atoms with Crippen LogP contribution in [0.1, 0.15) is 31.2 Å². The minimum Gasteiger partial charge on any atom is -0.355 e. The van der Waals surface area contributed by atoms with Gasteiger partial charge in [0.25, 0.3) is 0 Å². The predicted molar refractivity (Wildman–Crippen MR) is 80.8 cm³/mol. The van der Waals surface area contributed by atoms with E-state index in [0.29, 0.717) is 13.0 Å². The zero-order chi connectivity index (χ0) is 13.7. The third-order valence-corrected chi connectivity index (χ3v) is 4.86. The van der Waals surface area contributed by atoms with Gasteiger partial charge in [-0.2, -0.15) is 0 Å². The summed E-state index contributed by atoms with van der Waals surface area (Å²) in [6.07, 6.45) is 4.83. The van der Waals surface area contributed by atoms with Gasteiger partial charge in [0.15, 0.2) is 0 Å². The summed E-state index contributed by atoms with van der Waals surface area (Å²) in [5.74, 6) is 0.121. The molecule has 0 unspecified atom stereocenters. The van der Waals surface area contributed by atoms with Crippen molar-refractivity contribution in [1.82, 2.24) is 5.32 Å². The standard InChI is InChI=1S/C15H21BrN2O/c16-13-5-2-1-4-12(13)6-7-14(19)18-11-15(10-17)8-3-9-15/h1-2,4-5H,3,6-11,17H2,(H,18,19). The maximum atomic E-state index is 11.9. The molecule has 0 aromatic heterocycles. The molecule has 3 nitrogen and oxygen atoms in total. The Morgan fingerprint density at radius 2 is 2.11 bits per heavy atom. The molecule has 1 saturated carbocycles. The number of carbonyl (C=O) groups excluding carboxylic acids is 1. The Morgan fingerprint density at radius 3 is 2.68 bits per heavy atom.